The van der Waals surface area contributed by atoms with Crippen molar-refractivity contribution in [2.45, 2.75) is 30.9 Å². The van der Waals surface area contributed by atoms with Gasteiger partial charge in [0.2, 0.25) is 0 Å². The molecule has 1 N–H and O–H groups in total. The molecule has 1 rings (SSSR count). The van der Waals surface area contributed by atoms with Gasteiger partial charge >= 0.3 is 5.97 Å². The van der Waals surface area contributed by atoms with Crippen LogP contribution in [-0.2, 0) is 14.4 Å². The van der Waals surface area contributed by atoms with Crippen LogP contribution < -0.4 is 5.48 Å². The maximum absolute atomic E-state index is 10.7. The van der Waals surface area contributed by atoms with E-state index in [-0.39, 0.29) is 17.6 Å². The van der Waals surface area contributed by atoms with E-state index >= 15 is 0 Å². The summed E-state index contributed by atoms with van der Waals surface area (Å²) in [6, 6.07) is 0. The van der Waals surface area contributed by atoms with Gasteiger partial charge in [0.05, 0.1) is 13.2 Å². The van der Waals surface area contributed by atoms with Crippen LogP contribution in [0.4, 0.5) is 0 Å². The van der Waals surface area contributed by atoms with Crippen LogP contribution in [0.25, 0.3) is 0 Å². The average Bonchev–Trinajstić information content (AvgIpc) is 2.47. The number of ether oxygens (including phenoxy) is 1. The zero-order chi connectivity index (χ0) is 8.97. The van der Waals surface area contributed by atoms with Crippen molar-refractivity contribution in [3.8, 4) is 0 Å². The molecule has 1 aliphatic heterocycles. The summed E-state index contributed by atoms with van der Waals surface area (Å²) in [4.78, 5) is 15.8. The normalized spacial score (nSPS) is 28.8. The van der Waals surface area contributed by atoms with Crippen LogP contribution in [0.3, 0.4) is 0 Å². The second-order valence-corrected chi connectivity index (χ2v) is 3.20. The Morgan fingerprint density at radius 2 is 2.58 bits per heavy atom. The van der Waals surface area contributed by atoms with Crippen LogP contribution in [0.2, 0.25) is 0 Å². The number of hydroxylamine groups is 1. The van der Waals surface area contributed by atoms with E-state index in [0.717, 1.165) is 6.42 Å². The standard InChI is InChI=1S/C7H12ClNO3/c1-11-7(10)3-2-5-4-6(8)9-12-5/h5-6,9H,2-4H2,1H3/t5-,6-/m1/s1. The van der Waals surface area contributed by atoms with Crippen LogP contribution in [0, 0.1) is 0 Å². The number of alkyl halides is 1. The van der Waals surface area contributed by atoms with Gasteiger partial charge in [0, 0.05) is 12.8 Å². The lowest BCUT2D eigenvalue weighted by atomic mass is 10.1. The highest BCUT2D eigenvalue weighted by atomic mass is 35.5. The second-order valence-electron chi connectivity index (χ2n) is 2.68. The molecule has 1 heterocycles. The molecule has 5 heteroatoms. The van der Waals surface area contributed by atoms with Crippen molar-refractivity contribution in [1.29, 1.82) is 0 Å². The molecule has 12 heavy (non-hydrogen) atoms. The fourth-order valence-corrected chi connectivity index (χ4v) is 1.30. The highest BCUT2D eigenvalue weighted by Gasteiger charge is 2.23. The van der Waals surface area contributed by atoms with Crippen LogP contribution in [0.5, 0.6) is 0 Å². The van der Waals surface area contributed by atoms with Crippen molar-refractivity contribution in [2.75, 3.05) is 7.11 Å². The monoisotopic (exact) mass is 193 g/mol. The Balaban J connectivity index is 2.11. The Morgan fingerprint density at radius 1 is 1.83 bits per heavy atom. The summed E-state index contributed by atoms with van der Waals surface area (Å²) in [6.07, 6.45) is 1.81. The predicted octanol–water partition coefficient (Wildman–Crippen LogP) is 0.798. The minimum Gasteiger partial charge on any atom is -0.469 e. The zero-order valence-corrected chi connectivity index (χ0v) is 7.63. The molecular formula is C7H12ClNO3. The van der Waals surface area contributed by atoms with Crippen molar-refractivity contribution in [3.05, 3.63) is 0 Å². The first-order chi connectivity index (χ1) is 5.72. The Labute approximate surface area is 76.1 Å². The van der Waals surface area contributed by atoms with Gasteiger partial charge < -0.3 is 4.74 Å². The molecule has 0 aliphatic carbocycles. The third kappa shape index (κ3) is 2.97. The van der Waals surface area contributed by atoms with Crippen LogP contribution >= 0.6 is 11.6 Å². The largest absolute Gasteiger partial charge is 0.469 e. The fourth-order valence-electron chi connectivity index (χ4n) is 1.05. The van der Waals surface area contributed by atoms with Crippen molar-refractivity contribution < 1.29 is 14.4 Å². The third-order valence-electron chi connectivity index (χ3n) is 1.73. The Kier molecular flexibility index (Phi) is 3.78. The molecule has 0 spiro atoms. The van der Waals surface area contributed by atoms with E-state index in [9.17, 15) is 4.79 Å². The summed E-state index contributed by atoms with van der Waals surface area (Å²) in [5, 5.41) is 0. The molecule has 0 bridgehead atoms. The van der Waals surface area contributed by atoms with Gasteiger partial charge in [0.15, 0.2) is 0 Å². The summed E-state index contributed by atoms with van der Waals surface area (Å²) < 4.78 is 4.49. The van der Waals surface area contributed by atoms with Gasteiger partial charge in [-0.1, -0.05) is 0 Å². The first-order valence-corrected chi connectivity index (χ1v) is 4.28. The molecule has 0 amide bonds. The molecule has 1 fully saturated rings. The number of carbonyl (C=O) groups is 1. The summed E-state index contributed by atoms with van der Waals surface area (Å²) in [6.45, 7) is 0. The van der Waals surface area contributed by atoms with Gasteiger partial charge in [-0.3, -0.25) is 9.63 Å². The molecule has 1 saturated heterocycles. The summed E-state index contributed by atoms with van der Waals surface area (Å²) >= 11 is 5.70. The number of hydrogen-bond acceptors (Lipinski definition) is 4. The molecule has 2 atom stereocenters. The number of nitrogens with one attached hydrogen (secondary N) is 1. The first-order valence-electron chi connectivity index (χ1n) is 3.84. The Morgan fingerprint density at radius 3 is 3.08 bits per heavy atom. The number of halogens is 1. The number of esters is 1. The van der Waals surface area contributed by atoms with Crippen molar-refractivity contribution in [3.63, 3.8) is 0 Å². The van der Waals surface area contributed by atoms with Crippen molar-refractivity contribution in [2.24, 2.45) is 0 Å². The molecular weight excluding hydrogens is 182 g/mol. The molecule has 0 radical (unpaired) electrons. The second kappa shape index (κ2) is 4.64. The molecule has 0 saturated carbocycles. The first kappa shape index (κ1) is 9.77. The molecule has 4 nitrogen and oxygen atoms in total. The maximum atomic E-state index is 10.7. The van der Waals surface area contributed by atoms with Gasteiger partial charge in [-0.15, -0.1) is 11.6 Å². The van der Waals surface area contributed by atoms with Gasteiger partial charge in [-0.2, -0.15) is 5.48 Å². The van der Waals surface area contributed by atoms with E-state index in [0.29, 0.717) is 12.8 Å². The number of carbonyl (C=O) groups excluding carboxylic acids is 1. The summed E-state index contributed by atoms with van der Waals surface area (Å²) in [5.41, 5.74) is 2.49. The topological polar surface area (TPSA) is 47.6 Å². The smallest absolute Gasteiger partial charge is 0.305 e. The van der Waals surface area contributed by atoms with E-state index in [2.05, 4.69) is 10.2 Å². The lowest BCUT2D eigenvalue weighted by molar-refractivity contribution is -0.141. The van der Waals surface area contributed by atoms with Gasteiger partial charge in [-0.25, -0.2) is 0 Å². The van der Waals surface area contributed by atoms with Crippen LogP contribution in [0.15, 0.2) is 0 Å². The summed E-state index contributed by atoms with van der Waals surface area (Å²) in [7, 11) is 1.38. The van der Waals surface area contributed by atoms with E-state index in [1.807, 2.05) is 0 Å². The van der Waals surface area contributed by atoms with Crippen molar-refractivity contribution >= 4 is 17.6 Å². The SMILES string of the molecule is COC(=O)CC[C@@H]1C[C@H](Cl)NO1. The third-order valence-corrected chi connectivity index (χ3v) is 2.00. The number of hydrogen-bond donors (Lipinski definition) is 1. The maximum Gasteiger partial charge on any atom is 0.305 e. The Hall–Kier alpha value is -0.320. The van der Waals surface area contributed by atoms with Gasteiger partial charge in [0.1, 0.15) is 5.50 Å². The van der Waals surface area contributed by atoms with Crippen LogP contribution in [-0.4, -0.2) is 24.7 Å². The zero-order valence-electron chi connectivity index (χ0n) is 6.88. The van der Waals surface area contributed by atoms with E-state index in [1.165, 1.54) is 7.11 Å². The van der Waals surface area contributed by atoms with E-state index in [4.69, 9.17) is 16.4 Å². The summed E-state index contributed by atoms with van der Waals surface area (Å²) in [5.74, 6) is -0.211. The molecule has 1 aliphatic rings. The Bertz CT molecular complexity index is 165. The minimum atomic E-state index is -0.211. The highest BCUT2D eigenvalue weighted by molar-refractivity contribution is 6.20. The van der Waals surface area contributed by atoms with Crippen molar-refractivity contribution in [1.82, 2.24) is 5.48 Å². The lowest BCUT2D eigenvalue weighted by Crippen LogP contribution is -2.13. The average molecular weight is 194 g/mol. The predicted molar refractivity (Wildman–Crippen MR) is 43.5 cm³/mol. The molecule has 0 unspecified atom stereocenters. The quantitative estimate of drug-likeness (QED) is 0.409. The minimum absolute atomic E-state index is 0.0339. The lowest BCUT2D eigenvalue weighted by Gasteiger charge is -2.05. The molecule has 0 aromatic carbocycles. The number of rotatable bonds is 3. The molecule has 0 aromatic rings. The number of methoxy groups -OCH3 is 1. The highest BCUT2D eigenvalue weighted by Crippen LogP contribution is 2.17. The molecule has 0 aromatic heterocycles. The molecule has 70 valence electrons. The van der Waals surface area contributed by atoms with E-state index in [1.54, 1.807) is 0 Å². The van der Waals surface area contributed by atoms with Gasteiger partial charge in [0.25, 0.3) is 0 Å². The fraction of sp³-hybridized carbons (Fsp3) is 0.857. The van der Waals surface area contributed by atoms with E-state index < -0.39 is 0 Å². The van der Waals surface area contributed by atoms with Crippen LogP contribution in [0.1, 0.15) is 19.3 Å². The van der Waals surface area contributed by atoms with Gasteiger partial charge in [-0.05, 0) is 6.42 Å².